The topological polar surface area (TPSA) is 95.6 Å². The number of rotatable bonds is 6. The lowest BCUT2D eigenvalue weighted by Gasteiger charge is -2.19. The van der Waals surface area contributed by atoms with E-state index in [0.717, 1.165) is 36.3 Å². The number of nitrogens with zero attached hydrogens (tertiary/aromatic N) is 2. The number of anilines is 1. The number of nitrogens with one attached hydrogen (secondary N) is 1. The number of furan rings is 1. The van der Waals surface area contributed by atoms with Gasteiger partial charge in [0.2, 0.25) is 5.91 Å². The molecular weight excluding hydrogens is 418 g/mol. The van der Waals surface area contributed by atoms with Crippen LogP contribution in [0.5, 0.6) is 11.5 Å². The molecule has 0 spiro atoms. The molecule has 0 radical (unpaired) electrons. The van der Waals surface area contributed by atoms with Gasteiger partial charge in [-0.1, -0.05) is 11.8 Å². The molecule has 0 fully saturated rings. The second kappa shape index (κ2) is 8.50. The third kappa shape index (κ3) is 4.18. The first-order chi connectivity index (χ1) is 15.2. The second-order valence-corrected chi connectivity index (χ2v) is 8.30. The van der Waals surface area contributed by atoms with Gasteiger partial charge in [0.05, 0.1) is 18.6 Å². The summed E-state index contributed by atoms with van der Waals surface area (Å²) in [6.45, 7) is 1.38. The highest BCUT2D eigenvalue weighted by atomic mass is 32.2. The minimum absolute atomic E-state index is 0.162. The Morgan fingerprint density at radius 1 is 1.16 bits per heavy atom. The number of amides is 1. The average Bonchev–Trinajstić information content (AvgIpc) is 3.46. The van der Waals surface area contributed by atoms with Crippen LogP contribution in [0.4, 0.5) is 5.69 Å². The molecule has 3 aromatic rings. The van der Waals surface area contributed by atoms with E-state index in [1.165, 1.54) is 11.8 Å². The number of aromatic nitrogens is 2. The minimum atomic E-state index is -0.313. The molecule has 0 saturated carbocycles. The number of fused-ring (bicyclic) bond motifs is 2. The molecule has 1 N–H and O–H groups in total. The fourth-order valence-corrected chi connectivity index (χ4v) is 4.76. The van der Waals surface area contributed by atoms with Crippen LogP contribution in [-0.4, -0.2) is 34.4 Å². The summed E-state index contributed by atoms with van der Waals surface area (Å²) in [5.74, 6) is 2.01. The van der Waals surface area contributed by atoms with E-state index in [4.69, 9.17) is 13.9 Å². The van der Waals surface area contributed by atoms with Crippen molar-refractivity contribution in [2.24, 2.45) is 0 Å². The van der Waals surface area contributed by atoms with E-state index < -0.39 is 0 Å². The summed E-state index contributed by atoms with van der Waals surface area (Å²) in [7, 11) is 0. The first-order valence-corrected chi connectivity index (χ1v) is 11.1. The third-order valence-electron chi connectivity index (χ3n) is 5.26. The highest BCUT2D eigenvalue weighted by Gasteiger charge is 2.23. The van der Waals surface area contributed by atoms with Gasteiger partial charge in [-0.3, -0.25) is 9.36 Å². The van der Waals surface area contributed by atoms with Crippen LogP contribution in [0.1, 0.15) is 23.4 Å². The SMILES string of the molecule is O=C(CSc1nc(=O)n(Cc2ccco2)c2c1CCC2)Nc1ccc2c(c1)OCCO2. The van der Waals surface area contributed by atoms with Crippen molar-refractivity contribution in [1.29, 1.82) is 0 Å². The van der Waals surface area contributed by atoms with Crippen molar-refractivity contribution in [3.8, 4) is 11.5 Å². The van der Waals surface area contributed by atoms with Gasteiger partial charge in [0.25, 0.3) is 0 Å². The zero-order valence-corrected chi connectivity index (χ0v) is 17.6. The van der Waals surface area contributed by atoms with Gasteiger partial charge in [-0.05, 0) is 43.5 Å². The van der Waals surface area contributed by atoms with Gasteiger partial charge < -0.3 is 19.2 Å². The van der Waals surface area contributed by atoms with Gasteiger partial charge in [0, 0.05) is 23.0 Å². The highest BCUT2D eigenvalue weighted by molar-refractivity contribution is 8.00. The monoisotopic (exact) mass is 439 g/mol. The zero-order chi connectivity index (χ0) is 21.2. The standard InChI is InChI=1S/C22H21N3O5S/c26-20(23-14-6-7-18-19(11-14)30-10-9-29-18)13-31-21-16-4-1-5-17(16)25(22(27)24-21)12-15-3-2-8-28-15/h2-3,6-8,11H,1,4-5,9-10,12-13H2,(H,23,26). The van der Waals surface area contributed by atoms with E-state index in [-0.39, 0.29) is 17.3 Å². The Morgan fingerprint density at radius 3 is 2.87 bits per heavy atom. The molecule has 2 aromatic heterocycles. The van der Waals surface area contributed by atoms with Crippen LogP contribution in [-0.2, 0) is 24.2 Å². The van der Waals surface area contributed by atoms with Crippen molar-refractivity contribution in [2.75, 3.05) is 24.3 Å². The lowest BCUT2D eigenvalue weighted by atomic mass is 10.2. The molecule has 1 aliphatic carbocycles. The van der Waals surface area contributed by atoms with Gasteiger partial charge in [-0.25, -0.2) is 4.79 Å². The summed E-state index contributed by atoms with van der Waals surface area (Å²) >= 11 is 1.30. The summed E-state index contributed by atoms with van der Waals surface area (Å²) in [6.07, 6.45) is 4.24. The molecule has 31 heavy (non-hydrogen) atoms. The Labute approximate surface area is 182 Å². The van der Waals surface area contributed by atoms with E-state index in [1.54, 1.807) is 35.1 Å². The van der Waals surface area contributed by atoms with Crippen LogP contribution in [0.2, 0.25) is 0 Å². The molecule has 0 unspecified atom stereocenters. The summed E-state index contributed by atoms with van der Waals surface area (Å²) < 4.78 is 18.1. The Bertz CT molecular complexity index is 1170. The van der Waals surface area contributed by atoms with Crippen molar-refractivity contribution in [3.63, 3.8) is 0 Å². The first kappa shape index (κ1) is 19.7. The maximum Gasteiger partial charge on any atom is 0.349 e. The fourth-order valence-electron chi connectivity index (χ4n) is 3.88. The molecule has 9 heteroatoms. The van der Waals surface area contributed by atoms with E-state index in [1.807, 2.05) is 6.07 Å². The van der Waals surface area contributed by atoms with Gasteiger partial charge in [0.15, 0.2) is 11.5 Å². The summed E-state index contributed by atoms with van der Waals surface area (Å²) in [6, 6.07) is 8.96. The largest absolute Gasteiger partial charge is 0.486 e. The van der Waals surface area contributed by atoms with E-state index in [2.05, 4.69) is 10.3 Å². The molecule has 1 aliphatic heterocycles. The number of carbonyl (C=O) groups excluding carboxylic acids is 1. The van der Waals surface area contributed by atoms with Gasteiger partial charge >= 0.3 is 5.69 Å². The van der Waals surface area contributed by atoms with Crippen LogP contribution in [0.15, 0.2) is 50.8 Å². The van der Waals surface area contributed by atoms with E-state index in [9.17, 15) is 9.59 Å². The predicted octanol–water partition coefficient (Wildman–Crippen LogP) is 2.88. The lowest BCUT2D eigenvalue weighted by molar-refractivity contribution is -0.113. The van der Waals surface area contributed by atoms with Crippen molar-refractivity contribution < 1.29 is 18.7 Å². The van der Waals surface area contributed by atoms with E-state index in [0.29, 0.717) is 42.0 Å². The molecule has 2 aliphatic rings. The molecular formula is C22H21N3O5S. The smallest absolute Gasteiger partial charge is 0.349 e. The van der Waals surface area contributed by atoms with Crippen molar-refractivity contribution in [2.45, 2.75) is 30.8 Å². The predicted molar refractivity (Wildman–Crippen MR) is 115 cm³/mol. The summed E-state index contributed by atoms with van der Waals surface area (Å²) in [5.41, 5.74) is 2.38. The number of benzene rings is 1. The molecule has 0 atom stereocenters. The lowest BCUT2D eigenvalue weighted by Crippen LogP contribution is -2.28. The van der Waals surface area contributed by atoms with Crippen molar-refractivity contribution in [1.82, 2.24) is 9.55 Å². The van der Waals surface area contributed by atoms with E-state index >= 15 is 0 Å². The van der Waals surface area contributed by atoms with Gasteiger partial charge in [0.1, 0.15) is 24.0 Å². The molecule has 0 saturated heterocycles. The molecule has 8 nitrogen and oxygen atoms in total. The van der Waals surface area contributed by atoms with Gasteiger partial charge in [-0.2, -0.15) is 4.98 Å². The Kier molecular flexibility index (Phi) is 5.42. The molecule has 0 bridgehead atoms. The number of thioether (sulfide) groups is 1. The fraction of sp³-hybridized carbons (Fsp3) is 0.318. The van der Waals surface area contributed by atoms with Crippen molar-refractivity contribution in [3.05, 3.63) is 64.1 Å². The van der Waals surface area contributed by atoms with Crippen LogP contribution in [0, 0.1) is 0 Å². The zero-order valence-electron chi connectivity index (χ0n) is 16.8. The second-order valence-electron chi connectivity index (χ2n) is 7.34. The van der Waals surface area contributed by atoms with Crippen molar-refractivity contribution >= 4 is 23.4 Å². The first-order valence-electron chi connectivity index (χ1n) is 10.1. The minimum Gasteiger partial charge on any atom is -0.486 e. The highest BCUT2D eigenvalue weighted by Crippen LogP contribution is 2.33. The molecule has 160 valence electrons. The molecule has 5 rings (SSSR count). The van der Waals surface area contributed by atoms with Crippen LogP contribution in [0.3, 0.4) is 0 Å². The molecule has 1 amide bonds. The van der Waals surface area contributed by atoms with Crippen LogP contribution in [0.25, 0.3) is 0 Å². The summed E-state index contributed by atoms with van der Waals surface area (Å²) in [4.78, 5) is 29.4. The van der Waals surface area contributed by atoms with Gasteiger partial charge in [-0.15, -0.1) is 0 Å². The molecule has 3 heterocycles. The number of ether oxygens (including phenoxy) is 2. The Morgan fingerprint density at radius 2 is 2.03 bits per heavy atom. The number of hydrogen-bond acceptors (Lipinski definition) is 7. The Balaban J connectivity index is 1.28. The Hall–Kier alpha value is -3.20. The number of carbonyl (C=O) groups is 1. The maximum atomic E-state index is 12.7. The summed E-state index contributed by atoms with van der Waals surface area (Å²) in [5, 5.41) is 3.51. The maximum absolute atomic E-state index is 12.7. The van der Waals surface area contributed by atoms with Crippen LogP contribution >= 0.6 is 11.8 Å². The molecule has 1 aromatic carbocycles. The third-order valence-corrected chi connectivity index (χ3v) is 6.28. The van der Waals surface area contributed by atoms with Crippen LogP contribution < -0.4 is 20.5 Å². The average molecular weight is 439 g/mol. The quantitative estimate of drug-likeness (QED) is 0.466. The number of hydrogen-bond donors (Lipinski definition) is 1. The normalized spacial score (nSPS) is 14.3.